The molecule has 118 valence electrons. The standard InChI is InChI=1S/C17H21NO4/c1-22-13-8-6-12(7-9-13)18-16(19)14-10-2-4-11(5-3-10)15(14)17(20)21/h6-11,14-15H,2-5H2,1H3,(H,18,19)(H,20,21)/p-1/t10?,11?,14-,15+/m0/s1. The Morgan fingerprint density at radius 1 is 1.05 bits per heavy atom. The van der Waals surface area contributed by atoms with Crippen LogP contribution in [0, 0.1) is 23.7 Å². The molecule has 22 heavy (non-hydrogen) atoms. The van der Waals surface area contributed by atoms with Gasteiger partial charge < -0.3 is 20.0 Å². The first-order chi connectivity index (χ1) is 10.6. The quantitative estimate of drug-likeness (QED) is 0.912. The van der Waals surface area contributed by atoms with Gasteiger partial charge in [0.05, 0.1) is 7.11 Å². The first kappa shape index (κ1) is 14.9. The summed E-state index contributed by atoms with van der Waals surface area (Å²) < 4.78 is 5.08. The van der Waals surface area contributed by atoms with Crippen molar-refractivity contribution in [2.75, 3.05) is 12.4 Å². The summed E-state index contributed by atoms with van der Waals surface area (Å²) in [7, 11) is 1.58. The maximum atomic E-state index is 12.6. The molecular formula is C17H20NO4-. The smallest absolute Gasteiger partial charge is 0.228 e. The number of rotatable bonds is 4. The van der Waals surface area contributed by atoms with Gasteiger partial charge in [0.15, 0.2) is 0 Å². The lowest BCUT2D eigenvalue weighted by Gasteiger charge is -2.48. The van der Waals surface area contributed by atoms with Gasteiger partial charge in [0.1, 0.15) is 5.75 Å². The predicted octanol–water partition coefficient (Wildman–Crippen LogP) is 1.44. The van der Waals surface area contributed by atoms with Crippen LogP contribution in [0.4, 0.5) is 5.69 Å². The van der Waals surface area contributed by atoms with E-state index in [0.717, 1.165) is 25.7 Å². The Hall–Kier alpha value is -2.04. The fourth-order valence-electron chi connectivity index (χ4n) is 4.07. The monoisotopic (exact) mass is 302 g/mol. The number of carbonyl (C=O) groups excluding carboxylic acids is 2. The highest BCUT2D eigenvalue weighted by Crippen LogP contribution is 2.49. The van der Waals surface area contributed by atoms with Crippen LogP contribution in [0.2, 0.25) is 0 Å². The molecule has 1 aromatic carbocycles. The van der Waals surface area contributed by atoms with E-state index in [4.69, 9.17) is 4.74 Å². The molecule has 0 saturated heterocycles. The van der Waals surface area contributed by atoms with Crippen molar-refractivity contribution in [3.63, 3.8) is 0 Å². The lowest BCUT2D eigenvalue weighted by molar-refractivity contribution is -0.318. The van der Waals surface area contributed by atoms with E-state index in [2.05, 4.69) is 5.32 Å². The van der Waals surface area contributed by atoms with E-state index in [1.165, 1.54) is 0 Å². The molecule has 0 radical (unpaired) electrons. The Labute approximate surface area is 129 Å². The molecule has 0 spiro atoms. The van der Waals surface area contributed by atoms with E-state index in [1.807, 2.05) is 0 Å². The number of nitrogens with one attached hydrogen (secondary N) is 1. The van der Waals surface area contributed by atoms with Gasteiger partial charge in [0, 0.05) is 23.5 Å². The number of fused-ring (bicyclic) bond motifs is 3. The number of carboxylic acids is 1. The molecular weight excluding hydrogens is 282 g/mol. The average Bonchev–Trinajstić information content (AvgIpc) is 2.55. The predicted molar refractivity (Wildman–Crippen MR) is 79.1 cm³/mol. The molecule has 0 aromatic heterocycles. The molecule has 5 nitrogen and oxygen atoms in total. The van der Waals surface area contributed by atoms with Crippen LogP contribution in [-0.2, 0) is 9.59 Å². The van der Waals surface area contributed by atoms with Crippen LogP contribution in [0.25, 0.3) is 0 Å². The van der Waals surface area contributed by atoms with Crippen molar-refractivity contribution in [2.45, 2.75) is 25.7 Å². The lowest BCUT2D eigenvalue weighted by Crippen LogP contribution is -2.52. The SMILES string of the molecule is COc1ccc(NC(=O)[C@H]2C3CCC(CC3)[C@H]2C(=O)[O-])cc1. The van der Waals surface area contributed by atoms with Crippen LogP contribution in [0.3, 0.4) is 0 Å². The topological polar surface area (TPSA) is 78.5 Å². The minimum Gasteiger partial charge on any atom is -0.550 e. The number of hydrogen-bond donors (Lipinski definition) is 1. The number of methoxy groups -OCH3 is 1. The van der Waals surface area contributed by atoms with E-state index >= 15 is 0 Å². The van der Waals surface area contributed by atoms with Crippen molar-refractivity contribution in [1.29, 1.82) is 0 Å². The fraction of sp³-hybridized carbons (Fsp3) is 0.529. The third-order valence-corrected chi connectivity index (χ3v) is 5.15. The minimum absolute atomic E-state index is 0.0848. The summed E-state index contributed by atoms with van der Waals surface area (Å²) >= 11 is 0. The zero-order valence-corrected chi connectivity index (χ0v) is 12.6. The Balaban J connectivity index is 1.76. The summed E-state index contributed by atoms with van der Waals surface area (Å²) in [4.78, 5) is 24.1. The number of ether oxygens (including phenoxy) is 1. The van der Waals surface area contributed by atoms with Gasteiger partial charge in [-0.25, -0.2) is 0 Å². The van der Waals surface area contributed by atoms with E-state index in [-0.39, 0.29) is 17.7 Å². The summed E-state index contributed by atoms with van der Waals surface area (Å²) in [6, 6.07) is 7.04. The number of amides is 1. The van der Waals surface area contributed by atoms with Crippen molar-refractivity contribution in [3.8, 4) is 5.75 Å². The normalized spacial score (nSPS) is 29.9. The van der Waals surface area contributed by atoms with Gasteiger partial charge in [-0.05, 0) is 61.8 Å². The number of carboxylic acid groups (broad SMARTS) is 1. The van der Waals surface area contributed by atoms with Crippen LogP contribution in [0.5, 0.6) is 5.75 Å². The first-order valence-electron chi connectivity index (χ1n) is 7.76. The minimum atomic E-state index is -1.08. The van der Waals surface area contributed by atoms with Gasteiger partial charge >= 0.3 is 0 Å². The molecule has 1 amide bonds. The van der Waals surface area contributed by atoms with Crippen LogP contribution >= 0.6 is 0 Å². The van der Waals surface area contributed by atoms with Crippen LogP contribution in [0.15, 0.2) is 24.3 Å². The average molecular weight is 302 g/mol. The second-order valence-electron chi connectivity index (χ2n) is 6.26. The Kier molecular flexibility index (Phi) is 4.05. The van der Waals surface area contributed by atoms with Gasteiger partial charge in [0.2, 0.25) is 5.91 Å². The molecule has 0 aliphatic heterocycles. The molecule has 4 rings (SSSR count). The summed E-state index contributed by atoms with van der Waals surface area (Å²) in [6.07, 6.45) is 3.68. The summed E-state index contributed by atoms with van der Waals surface area (Å²) in [5.74, 6) is -1.45. The number of hydrogen-bond acceptors (Lipinski definition) is 4. The lowest BCUT2D eigenvalue weighted by atomic mass is 9.58. The summed E-state index contributed by atoms with van der Waals surface area (Å²) in [6.45, 7) is 0. The molecule has 3 aliphatic rings. The van der Waals surface area contributed by atoms with Gasteiger partial charge in [0.25, 0.3) is 0 Å². The van der Waals surface area contributed by atoms with Gasteiger partial charge in [-0.15, -0.1) is 0 Å². The van der Waals surface area contributed by atoms with E-state index in [0.29, 0.717) is 11.4 Å². The van der Waals surface area contributed by atoms with Crippen molar-refractivity contribution < 1.29 is 19.4 Å². The molecule has 2 bridgehead atoms. The molecule has 3 saturated carbocycles. The first-order valence-corrected chi connectivity index (χ1v) is 7.76. The Morgan fingerprint density at radius 2 is 1.59 bits per heavy atom. The van der Waals surface area contributed by atoms with E-state index in [1.54, 1.807) is 31.4 Å². The van der Waals surface area contributed by atoms with Crippen LogP contribution < -0.4 is 15.2 Å². The van der Waals surface area contributed by atoms with Crippen molar-refractivity contribution >= 4 is 17.6 Å². The number of anilines is 1. The fourth-order valence-corrected chi connectivity index (χ4v) is 4.07. The third kappa shape index (κ3) is 2.67. The number of carbonyl (C=O) groups is 2. The Bertz CT molecular complexity index is 561. The highest BCUT2D eigenvalue weighted by atomic mass is 16.5. The highest BCUT2D eigenvalue weighted by Gasteiger charge is 2.47. The maximum absolute atomic E-state index is 12.6. The van der Waals surface area contributed by atoms with Gasteiger partial charge in [-0.3, -0.25) is 4.79 Å². The molecule has 5 heteroatoms. The third-order valence-electron chi connectivity index (χ3n) is 5.15. The van der Waals surface area contributed by atoms with Crippen LogP contribution in [-0.4, -0.2) is 19.0 Å². The molecule has 3 fully saturated rings. The second-order valence-corrected chi connectivity index (χ2v) is 6.26. The zero-order valence-electron chi connectivity index (χ0n) is 12.6. The highest BCUT2D eigenvalue weighted by molar-refractivity contribution is 5.95. The summed E-state index contributed by atoms with van der Waals surface area (Å²) in [5, 5.41) is 14.3. The van der Waals surface area contributed by atoms with E-state index < -0.39 is 17.8 Å². The molecule has 0 unspecified atom stereocenters. The molecule has 3 aliphatic carbocycles. The molecule has 2 atom stereocenters. The van der Waals surface area contributed by atoms with Gasteiger partial charge in [-0.1, -0.05) is 0 Å². The van der Waals surface area contributed by atoms with E-state index in [9.17, 15) is 14.7 Å². The maximum Gasteiger partial charge on any atom is 0.228 e. The Morgan fingerprint density at radius 3 is 2.09 bits per heavy atom. The van der Waals surface area contributed by atoms with Crippen molar-refractivity contribution in [3.05, 3.63) is 24.3 Å². The van der Waals surface area contributed by atoms with Gasteiger partial charge in [-0.2, -0.15) is 0 Å². The largest absolute Gasteiger partial charge is 0.550 e. The van der Waals surface area contributed by atoms with Crippen molar-refractivity contribution in [2.24, 2.45) is 23.7 Å². The zero-order chi connectivity index (χ0) is 15.7. The second kappa shape index (κ2) is 5.99. The number of aliphatic carboxylic acids is 1. The molecule has 1 aromatic rings. The molecule has 0 heterocycles. The van der Waals surface area contributed by atoms with Crippen molar-refractivity contribution in [1.82, 2.24) is 0 Å². The summed E-state index contributed by atoms with van der Waals surface area (Å²) in [5.41, 5.74) is 0.657. The molecule has 1 N–H and O–H groups in total. The number of benzene rings is 1. The van der Waals surface area contributed by atoms with Crippen LogP contribution in [0.1, 0.15) is 25.7 Å².